The van der Waals surface area contributed by atoms with E-state index < -0.39 is 0 Å². The summed E-state index contributed by atoms with van der Waals surface area (Å²) in [5, 5.41) is 7.89. The molecule has 0 radical (unpaired) electrons. The molecule has 2 aliphatic heterocycles. The van der Waals surface area contributed by atoms with Crippen molar-refractivity contribution in [2.24, 2.45) is 5.92 Å². The summed E-state index contributed by atoms with van der Waals surface area (Å²) in [6.07, 6.45) is 2.40. The van der Waals surface area contributed by atoms with Gasteiger partial charge in [0.05, 0.1) is 39.0 Å². The smallest absolute Gasteiger partial charge is 0.230 e. The standard InChI is InChI=1S/C32H44N6O6/c1-6-36-12-13-37(29(40)16-24-14-21(2)35-44-24)11-9-28(39)33-18-22-8-7-10-38(19-22)32-23(20-36)15-25-26(34-32)17-27(41-3)31(43-5)30(25)42-4/h14-15,17,22H,6-13,16,18-20H2,1-5H3,(H,33,39). The first-order valence-electron chi connectivity index (χ1n) is 15.4. The van der Waals surface area contributed by atoms with Gasteiger partial charge in [0.2, 0.25) is 17.6 Å². The van der Waals surface area contributed by atoms with Gasteiger partial charge in [0, 0.05) is 75.3 Å². The van der Waals surface area contributed by atoms with Crippen molar-refractivity contribution in [1.29, 1.82) is 0 Å². The summed E-state index contributed by atoms with van der Waals surface area (Å²) >= 11 is 0. The summed E-state index contributed by atoms with van der Waals surface area (Å²) in [6, 6.07) is 5.82. The molecule has 4 heterocycles. The Morgan fingerprint density at radius 1 is 1.07 bits per heavy atom. The van der Waals surface area contributed by atoms with Crippen LogP contribution in [0.3, 0.4) is 0 Å². The van der Waals surface area contributed by atoms with E-state index in [-0.39, 0.29) is 30.6 Å². The first-order chi connectivity index (χ1) is 21.3. The summed E-state index contributed by atoms with van der Waals surface area (Å²) in [5.74, 6) is 3.26. The van der Waals surface area contributed by atoms with Crippen molar-refractivity contribution in [3.05, 3.63) is 35.2 Å². The zero-order valence-electron chi connectivity index (χ0n) is 26.5. The minimum atomic E-state index is -0.0878. The van der Waals surface area contributed by atoms with Crippen molar-refractivity contribution < 1.29 is 28.3 Å². The number of hydrogen-bond donors (Lipinski definition) is 1. The lowest BCUT2D eigenvalue weighted by Gasteiger charge is -2.35. The normalized spacial score (nSPS) is 18.7. The number of nitrogens with one attached hydrogen (secondary N) is 1. The molecule has 0 saturated carbocycles. The predicted octanol–water partition coefficient (Wildman–Crippen LogP) is 3.19. The molecule has 0 spiro atoms. The predicted molar refractivity (Wildman–Crippen MR) is 166 cm³/mol. The third kappa shape index (κ3) is 7.01. The number of nitrogens with zero attached hydrogens (tertiary/aromatic N) is 5. The van der Waals surface area contributed by atoms with Crippen LogP contribution in [-0.2, 0) is 22.6 Å². The Morgan fingerprint density at radius 2 is 1.89 bits per heavy atom. The number of piperidine rings is 1. The second-order valence-electron chi connectivity index (χ2n) is 11.6. The minimum Gasteiger partial charge on any atom is -0.493 e. The number of carbonyl (C=O) groups is 2. The van der Waals surface area contributed by atoms with Gasteiger partial charge in [-0.2, -0.15) is 0 Å². The molecule has 1 fully saturated rings. The summed E-state index contributed by atoms with van der Waals surface area (Å²) in [4.78, 5) is 37.9. The van der Waals surface area contributed by atoms with Crippen molar-refractivity contribution in [2.45, 2.75) is 46.1 Å². The Bertz CT molecular complexity index is 1480. The number of benzene rings is 1. The van der Waals surface area contributed by atoms with E-state index in [1.807, 2.05) is 13.0 Å². The zero-order chi connectivity index (χ0) is 31.2. The number of anilines is 1. The number of ether oxygens (including phenoxy) is 3. The lowest BCUT2D eigenvalue weighted by atomic mass is 9.97. The van der Waals surface area contributed by atoms with E-state index in [9.17, 15) is 9.59 Å². The van der Waals surface area contributed by atoms with Crippen LogP contribution >= 0.6 is 0 Å². The summed E-state index contributed by atoms with van der Waals surface area (Å²) in [7, 11) is 4.83. The first kappa shape index (κ1) is 31.4. The molecule has 44 heavy (non-hydrogen) atoms. The Balaban J connectivity index is 1.52. The van der Waals surface area contributed by atoms with Gasteiger partial charge in [-0.05, 0) is 38.3 Å². The van der Waals surface area contributed by atoms with Crippen molar-refractivity contribution in [3.63, 3.8) is 0 Å². The fourth-order valence-electron chi connectivity index (χ4n) is 6.19. The number of aryl methyl sites for hydroxylation is 1. The quantitative estimate of drug-likeness (QED) is 0.447. The maximum Gasteiger partial charge on any atom is 0.230 e. The Labute approximate surface area is 258 Å². The lowest BCUT2D eigenvalue weighted by Crippen LogP contribution is -2.42. The number of aromatic nitrogens is 2. The fourth-order valence-corrected chi connectivity index (χ4v) is 6.19. The molecule has 2 aliphatic rings. The lowest BCUT2D eigenvalue weighted by molar-refractivity contribution is -0.131. The van der Waals surface area contributed by atoms with Gasteiger partial charge in [-0.1, -0.05) is 12.1 Å². The topological polar surface area (TPSA) is 123 Å². The van der Waals surface area contributed by atoms with Gasteiger partial charge in [0.1, 0.15) is 11.6 Å². The average molecular weight is 609 g/mol. The Hall–Kier alpha value is -4.06. The second-order valence-corrected chi connectivity index (χ2v) is 11.6. The van der Waals surface area contributed by atoms with Crippen LogP contribution in [0.1, 0.15) is 43.2 Å². The number of pyridine rings is 1. The van der Waals surface area contributed by atoms with E-state index in [1.165, 1.54) is 0 Å². The number of hydrogen-bond acceptors (Lipinski definition) is 10. The molecule has 3 aromatic rings. The van der Waals surface area contributed by atoms with Gasteiger partial charge in [-0.15, -0.1) is 0 Å². The van der Waals surface area contributed by atoms with Crippen LogP contribution in [0, 0.1) is 12.8 Å². The van der Waals surface area contributed by atoms with Crippen LogP contribution in [0.4, 0.5) is 5.82 Å². The van der Waals surface area contributed by atoms with Crippen molar-refractivity contribution >= 4 is 28.5 Å². The van der Waals surface area contributed by atoms with Gasteiger partial charge in [-0.3, -0.25) is 14.5 Å². The summed E-state index contributed by atoms with van der Waals surface area (Å²) < 4.78 is 22.4. The monoisotopic (exact) mass is 608 g/mol. The molecule has 238 valence electrons. The van der Waals surface area contributed by atoms with E-state index >= 15 is 0 Å². The molecule has 1 N–H and O–H groups in total. The maximum atomic E-state index is 13.4. The van der Waals surface area contributed by atoms with E-state index in [0.29, 0.717) is 55.7 Å². The number of methoxy groups -OCH3 is 3. The van der Waals surface area contributed by atoms with E-state index in [4.69, 9.17) is 23.7 Å². The van der Waals surface area contributed by atoms with E-state index in [2.05, 4.69) is 33.3 Å². The molecular weight excluding hydrogens is 564 g/mol. The van der Waals surface area contributed by atoms with Crippen LogP contribution in [-0.4, -0.2) is 98.9 Å². The first-order valence-corrected chi connectivity index (χ1v) is 15.4. The summed E-state index contributed by atoms with van der Waals surface area (Å²) in [5.41, 5.74) is 2.56. The van der Waals surface area contributed by atoms with Gasteiger partial charge in [0.25, 0.3) is 0 Å². The van der Waals surface area contributed by atoms with Crippen LogP contribution in [0.25, 0.3) is 10.9 Å². The minimum absolute atomic E-state index is 0.0460. The second kappa shape index (κ2) is 14.1. The summed E-state index contributed by atoms with van der Waals surface area (Å²) in [6.45, 7) is 9.06. The third-order valence-electron chi connectivity index (χ3n) is 8.58. The van der Waals surface area contributed by atoms with Gasteiger partial charge in [0.15, 0.2) is 11.5 Å². The van der Waals surface area contributed by atoms with Crippen LogP contribution in [0.2, 0.25) is 0 Å². The Morgan fingerprint density at radius 3 is 2.59 bits per heavy atom. The van der Waals surface area contributed by atoms with Crippen molar-refractivity contribution in [1.82, 2.24) is 25.3 Å². The van der Waals surface area contributed by atoms with Gasteiger partial charge in [-0.25, -0.2) is 4.98 Å². The average Bonchev–Trinajstić information content (AvgIpc) is 3.45. The van der Waals surface area contributed by atoms with Crippen molar-refractivity contribution in [3.8, 4) is 17.2 Å². The number of fused-ring (bicyclic) bond motifs is 5. The number of amides is 2. The van der Waals surface area contributed by atoms with Crippen LogP contribution in [0.15, 0.2) is 22.7 Å². The van der Waals surface area contributed by atoms with Crippen LogP contribution in [0.5, 0.6) is 17.2 Å². The molecule has 12 heteroatoms. The fraction of sp³-hybridized carbons (Fsp3) is 0.562. The third-order valence-corrected chi connectivity index (χ3v) is 8.58. The highest BCUT2D eigenvalue weighted by atomic mass is 16.5. The molecule has 1 saturated heterocycles. The number of carbonyl (C=O) groups excluding carboxylic acids is 2. The highest BCUT2D eigenvalue weighted by Crippen LogP contribution is 2.44. The van der Waals surface area contributed by atoms with Gasteiger partial charge < -0.3 is 33.9 Å². The molecule has 2 amide bonds. The van der Waals surface area contributed by atoms with Crippen molar-refractivity contribution in [2.75, 3.05) is 72.0 Å². The van der Waals surface area contributed by atoms with Gasteiger partial charge >= 0.3 is 0 Å². The zero-order valence-corrected chi connectivity index (χ0v) is 26.5. The molecular formula is C32H44N6O6. The SMILES string of the molecule is CCN1CCN(C(=O)Cc2cc(C)no2)CCC(=O)NCC2CCCN(C2)c2nc3cc(OC)c(OC)c(OC)c3cc2C1. The molecule has 12 nitrogen and oxygen atoms in total. The maximum absolute atomic E-state index is 13.4. The van der Waals surface area contributed by atoms with E-state index in [1.54, 1.807) is 32.3 Å². The molecule has 1 aromatic carbocycles. The van der Waals surface area contributed by atoms with E-state index in [0.717, 1.165) is 60.5 Å². The molecule has 2 bridgehead atoms. The highest BCUT2D eigenvalue weighted by molar-refractivity contribution is 5.92. The number of likely N-dealkylation sites (N-methyl/N-ethyl adjacent to an activating group) is 1. The van der Waals surface area contributed by atoms with Crippen LogP contribution < -0.4 is 24.4 Å². The highest BCUT2D eigenvalue weighted by Gasteiger charge is 2.27. The molecule has 1 unspecified atom stereocenters. The molecule has 0 aliphatic carbocycles. The number of rotatable bonds is 6. The largest absolute Gasteiger partial charge is 0.493 e. The Kier molecular flexibility index (Phi) is 10.1. The molecule has 1 atom stereocenters. The molecule has 5 rings (SSSR count). The molecule has 2 aromatic heterocycles.